The number of likely N-dealkylation sites (tertiary alicyclic amines) is 1. The highest BCUT2D eigenvalue weighted by Crippen LogP contribution is 2.27. The summed E-state index contributed by atoms with van der Waals surface area (Å²) in [6, 6.07) is 8.80. The summed E-state index contributed by atoms with van der Waals surface area (Å²) >= 11 is 1.44. The Morgan fingerprint density at radius 1 is 1.20 bits per heavy atom. The third-order valence-corrected chi connectivity index (χ3v) is 6.95. The number of nitrogens with zero attached hydrogens (tertiary/aromatic N) is 4. The van der Waals surface area contributed by atoms with Crippen LogP contribution >= 0.6 is 11.3 Å². The SMILES string of the molecule is Cc1ccc(CN2CCC(CNC(=O)c3sc(-c4cnn(C)c4)nc3C)CC2)cc1. The number of piperidine rings is 1. The smallest absolute Gasteiger partial charge is 0.263 e. The number of thiazole rings is 1. The second-order valence-electron chi connectivity index (χ2n) is 8.25. The van der Waals surface area contributed by atoms with Gasteiger partial charge in [-0.05, 0) is 51.3 Å². The molecule has 1 aliphatic rings. The van der Waals surface area contributed by atoms with Crippen LogP contribution in [0.4, 0.5) is 0 Å². The number of hydrogen-bond acceptors (Lipinski definition) is 5. The van der Waals surface area contributed by atoms with Gasteiger partial charge in [0.2, 0.25) is 0 Å². The second-order valence-corrected chi connectivity index (χ2v) is 9.25. The molecule has 6 nitrogen and oxygen atoms in total. The van der Waals surface area contributed by atoms with Crippen LogP contribution in [0, 0.1) is 19.8 Å². The molecule has 1 saturated heterocycles. The van der Waals surface area contributed by atoms with Crippen molar-refractivity contribution in [3.05, 3.63) is 58.4 Å². The molecule has 0 saturated carbocycles. The van der Waals surface area contributed by atoms with Crippen molar-refractivity contribution in [3.8, 4) is 10.6 Å². The molecule has 0 aliphatic carbocycles. The van der Waals surface area contributed by atoms with Gasteiger partial charge in [0.25, 0.3) is 5.91 Å². The van der Waals surface area contributed by atoms with E-state index < -0.39 is 0 Å². The minimum absolute atomic E-state index is 0.0118. The Kier molecular flexibility index (Phi) is 6.29. The maximum atomic E-state index is 12.7. The second kappa shape index (κ2) is 9.10. The zero-order valence-electron chi connectivity index (χ0n) is 17.9. The number of aryl methyl sites for hydroxylation is 3. The van der Waals surface area contributed by atoms with Gasteiger partial charge in [-0.1, -0.05) is 29.8 Å². The zero-order chi connectivity index (χ0) is 21.1. The molecule has 0 unspecified atom stereocenters. The summed E-state index contributed by atoms with van der Waals surface area (Å²) in [6.45, 7) is 7.93. The Balaban J connectivity index is 1.26. The van der Waals surface area contributed by atoms with E-state index in [2.05, 4.69) is 51.5 Å². The standard InChI is InChI=1S/C23H29N5OS/c1-16-4-6-19(7-5-16)14-28-10-8-18(9-11-28)12-24-22(29)21-17(2)26-23(30-21)20-13-25-27(3)15-20/h4-7,13,15,18H,8-12,14H2,1-3H3,(H,24,29). The predicted octanol–water partition coefficient (Wildman–Crippen LogP) is 3.80. The van der Waals surface area contributed by atoms with Crippen LogP contribution in [0.1, 0.15) is 39.3 Å². The van der Waals surface area contributed by atoms with Gasteiger partial charge in [0.05, 0.1) is 11.9 Å². The fourth-order valence-corrected chi connectivity index (χ4v) is 4.84. The lowest BCUT2D eigenvalue weighted by Crippen LogP contribution is -2.38. The lowest BCUT2D eigenvalue weighted by molar-refractivity contribution is 0.0938. The summed E-state index contributed by atoms with van der Waals surface area (Å²) < 4.78 is 1.75. The van der Waals surface area contributed by atoms with Crippen LogP contribution in [-0.4, -0.2) is 45.2 Å². The van der Waals surface area contributed by atoms with Crippen LogP contribution in [0.15, 0.2) is 36.7 Å². The average molecular weight is 424 g/mol. The molecule has 0 radical (unpaired) electrons. The van der Waals surface area contributed by atoms with Crippen molar-refractivity contribution in [1.29, 1.82) is 0 Å². The lowest BCUT2D eigenvalue weighted by atomic mass is 9.96. The molecule has 3 heterocycles. The molecule has 30 heavy (non-hydrogen) atoms. The Morgan fingerprint density at radius 3 is 2.60 bits per heavy atom. The summed E-state index contributed by atoms with van der Waals surface area (Å²) in [5, 5.41) is 8.17. The first-order valence-corrected chi connectivity index (χ1v) is 11.3. The summed E-state index contributed by atoms with van der Waals surface area (Å²) in [7, 11) is 1.88. The number of amides is 1. The van der Waals surface area contributed by atoms with Gasteiger partial charge in [-0.25, -0.2) is 4.98 Å². The molecule has 1 amide bonds. The van der Waals surface area contributed by atoms with E-state index in [4.69, 9.17) is 0 Å². The number of carbonyl (C=O) groups is 1. The molecule has 0 spiro atoms. The monoisotopic (exact) mass is 423 g/mol. The molecule has 0 bridgehead atoms. The molecule has 1 N–H and O–H groups in total. The van der Waals surface area contributed by atoms with Crippen molar-refractivity contribution in [1.82, 2.24) is 25.0 Å². The molecule has 1 aliphatic heterocycles. The molecule has 4 rings (SSSR count). The van der Waals surface area contributed by atoms with Crippen molar-refractivity contribution in [2.24, 2.45) is 13.0 Å². The summed E-state index contributed by atoms with van der Waals surface area (Å²) in [5.41, 5.74) is 4.41. The first-order chi connectivity index (χ1) is 14.5. The van der Waals surface area contributed by atoms with Crippen LogP contribution in [0.3, 0.4) is 0 Å². The summed E-state index contributed by atoms with van der Waals surface area (Å²) in [5.74, 6) is 0.525. The van der Waals surface area contributed by atoms with Gasteiger partial charge in [-0.15, -0.1) is 11.3 Å². The van der Waals surface area contributed by atoms with Gasteiger partial charge in [0.15, 0.2) is 0 Å². The van der Waals surface area contributed by atoms with E-state index in [9.17, 15) is 4.79 Å². The summed E-state index contributed by atoms with van der Waals surface area (Å²) in [6.07, 6.45) is 5.94. The number of nitrogens with one attached hydrogen (secondary N) is 1. The van der Waals surface area contributed by atoms with Gasteiger partial charge in [0.1, 0.15) is 9.88 Å². The number of rotatable bonds is 6. The molecular weight excluding hydrogens is 394 g/mol. The number of aromatic nitrogens is 3. The predicted molar refractivity (Wildman–Crippen MR) is 121 cm³/mol. The lowest BCUT2D eigenvalue weighted by Gasteiger charge is -2.32. The van der Waals surface area contributed by atoms with Crippen LogP contribution in [0.2, 0.25) is 0 Å². The van der Waals surface area contributed by atoms with Gasteiger partial charge in [-0.2, -0.15) is 5.10 Å². The van der Waals surface area contributed by atoms with E-state index in [1.165, 1.54) is 22.5 Å². The molecule has 3 aromatic rings. The van der Waals surface area contributed by atoms with Crippen molar-refractivity contribution in [2.75, 3.05) is 19.6 Å². The Labute approximate surface area is 181 Å². The minimum atomic E-state index is -0.0118. The Bertz CT molecular complexity index is 999. The highest BCUT2D eigenvalue weighted by atomic mass is 32.1. The van der Waals surface area contributed by atoms with Crippen LogP contribution in [-0.2, 0) is 13.6 Å². The van der Waals surface area contributed by atoms with Crippen molar-refractivity contribution >= 4 is 17.2 Å². The Hall–Kier alpha value is -2.51. The van der Waals surface area contributed by atoms with Crippen molar-refractivity contribution in [2.45, 2.75) is 33.2 Å². The van der Waals surface area contributed by atoms with Gasteiger partial charge in [-0.3, -0.25) is 14.4 Å². The fourth-order valence-electron chi connectivity index (χ4n) is 3.88. The first kappa shape index (κ1) is 20.8. The maximum absolute atomic E-state index is 12.7. The van der Waals surface area contributed by atoms with Crippen LogP contribution in [0.5, 0.6) is 0 Å². The number of hydrogen-bond donors (Lipinski definition) is 1. The highest BCUT2D eigenvalue weighted by Gasteiger charge is 2.22. The third kappa shape index (κ3) is 4.96. The normalized spacial score (nSPS) is 15.4. The van der Waals surface area contributed by atoms with E-state index in [0.717, 1.165) is 55.3 Å². The largest absolute Gasteiger partial charge is 0.351 e. The third-order valence-electron chi connectivity index (χ3n) is 5.74. The molecule has 2 aromatic heterocycles. The number of benzene rings is 1. The van der Waals surface area contributed by atoms with E-state index in [-0.39, 0.29) is 5.91 Å². The average Bonchev–Trinajstić information content (AvgIpc) is 3.34. The van der Waals surface area contributed by atoms with Gasteiger partial charge >= 0.3 is 0 Å². The minimum Gasteiger partial charge on any atom is -0.351 e. The Morgan fingerprint density at radius 2 is 1.93 bits per heavy atom. The van der Waals surface area contributed by atoms with Crippen molar-refractivity contribution < 1.29 is 4.79 Å². The zero-order valence-corrected chi connectivity index (χ0v) is 18.7. The quantitative estimate of drug-likeness (QED) is 0.655. The van der Waals surface area contributed by atoms with Gasteiger partial charge < -0.3 is 5.32 Å². The molecular formula is C23H29N5OS. The molecule has 1 fully saturated rings. The number of carbonyl (C=O) groups excluding carboxylic acids is 1. The topological polar surface area (TPSA) is 63.1 Å². The van der Waals surface area contributed by atoms with Crippen LogP contribution in [0.25, 0.3) is 10.6 Å². The molecule has 1 aromatic carbocycles. The highest BCUT2D eigenvalue weighted by molar-refractivity contribution is 7.17. The van der Waals surface area contributed by atoms with E-state index >= 15 is 0 Å². The summed E-state index contributed by atoms with van der Waals surface area (Å²) in [4.78, 5) is 20.5. The van der Waals surface area contributed by atoms with E-state index in [1.54, 1.807) is 10.9 Å². The fraction of sp³-hybridized carbons (Fsp3) is 0.435. The van der Waals surface area contributed by atoms with Crippen molar-refractivity contribution in [3.63, 3.8) is 0 Å². The van der Waals surface area contributed by atoms with E-state index in [1.807, 2.05) is 20.2 Å². The van der Waals surface area contributed by atoms with Crippen LogP contribution < -0.4 is 5.32 Å². The maximum Gasteiger partial charge on any atom is 0.263 e. The first-order valence-electron chi connectivity index (χ1n) is 10.5. The molecule has 0 atom stereocenters. The molecule has 7 heteroatoms. The molecule has 158 valence electrons. The van der Waals surface area contributed by atoms with E-state index in [0.29, 0.717) is 10.8 Å². The van der Waals surface area contributed by atoms with Gasteiger partial charge in [0, 0.05) is 31.9 Å².